The van der Waals surface area contributed by atoms with Crippen LogP contribution in [-0.4, -0.2) is 11.9 Å². The molecule has 37 heavy (non-hydrogen) atoms. The van der Waals surface area contributed by atoms with Gasteiger partial charge in [-0.1, -0.05) is 97.1 Å². The summed E-state index contributed by atoms with van der Waals surface area (Å²) in [4.78, 5) is 23.8. The Morgan fingerprint density at radius 3 is 1.30 bits per heavy atom. The first kappa shape index (κ1) is 26.2. The first-order chi connectivity index (χ1) is 18.0. The third-order valence-electron chi connectivity index (χ3n) is 5.90. The van der Waals surface area contributed by atoms with Crippen molar-refractivity contribution in [1.29, 1.82) is 0 Å². The Kier molecular flexibility index (Phi) is 9.17. The second kappa shape index (κ2) is 12.9. The monoisotopic (exact) mass is 510 g/mol. The Bertz CT molecular complexity index is 1220. The Hall–Kier alpha value is -3.83. The number of esters is 2. The number of ether oxygens (including phenoxy) is 2. The van der Waals surface area contributed by atoms with Gasteiger partial charge in [-0.25, -0.2) is 0 Å². The molecule has 0 amide bonds. The summed E-state index contributed by atoms with van der Waals surface area (Å²) < 4.78 is 11.2. The molecule has 0 aliphatic heterocycles. The second-order valence-electron chi connectivity index (χ2n) is 8.76. The number of carbonyl (C=O) groups is 2. The van der Waals surface area contributed by atoms with E-state index in [9.17, 15) is 9.59 Å². The molecule has 188 valence electrons. The third-order valence-corrected chi connectivity index (χ3v) is 7.39. The molecule has 2 unspecified atom stereocenters. The first-order valence-corrected chi connectivity index (χ1v) is 13.2. The van der Waals surface area contributed by atoms with E-state index >= 15 is 0 Å². The van der Waals surface area contributed by atoms with Crippen molar-refractivity contribution in [2.24, 2.45) is 0 Å². The van der Waals surface area contributed by atoms with Crippen LogP contribution in [0, 0.1) is 0 Å². The lowest BCUT2D eigenvalue weighted by Crippen LogP contribution is -2.11. The highest BCUT2D eigenvalue weighted by atomic mass is 32.2. The number of carbonyl (C=O) groups excluding carboxylic acids is 2. The molecule has 0 saturated carbocycles. The van der Waals surface area contributed by atoms with Gasteiger partial charge in [0.1, 0.15) is 11.5 Å². The molecule has 5 heteroatoms. The van der Waals surface area contributed by atoms with E-state index in [1.54, 1.807) is 11.8 Å². The Morgan fingerprint density at radius 1 is 0.568 bits per heavy atom. The largest absolute Gasteiger partial charge is 0.426 e. The van der Waals surface area contributed by atoms with E-state index in [2.05, 4.69) is 24.3 Å². The average Bonchev–Trinajstić information content (AvgIpc) is 2.89. The van der Waals surface area contributed by atoms with E-state index in [1.807, 2.05) is 84.9 Å². The minimum absolute atomic E-state index is 0.0305. The van der Waals surface area contributed by atoms with Gasteiger partial charge >= 0.3 is 11.9 Å². The molecule has 0 bridgehead atoms. The lowest BCUT2D eigenvalue weighted by Gasteiger charge is -2.27. The van der Waals surface area contributed by atoms with Crippen LogP contribution in [0.1, 0.15) is 46.6 Å². The topological polar surface area (TPSA) is 52.6 Å². The zero-order chi connectivity index (χ0) is 26.0. The van der Waals surface area contributed by atoms with Gasteiger partial charge in [0.25, 0.3) is 0 Å². The fraction of sp³-hybridized carbons (Fsp3) is 0.188. The maximum atomic E-state index is 11.9. The number of para-hydroxylation sites is 2. The van der Waals surface area contributed by atoms with Crippen molar-refractivity contribution in [2.45, 2.75) is 37.2 Å². The molecule has 0 aliphatic rings. The number of hydrogen-bond donors (Lipinski definition) is 0. The molecule has 0 aliphatic carbocycles. The molecule has 0 fully saturated rings. The smallest absolute Gasteiger partial charge is 0.308 e. The summed E-state index contributed by atoms with van der Waals surface area (Å²) in [7, 11) is 0. The summed E-state index contributed by atoms with van der Waals surface area (Å²) in [5, 5.41) is -0.0610. The molecule has 0 spiro atoms. The molecule has 0 saturated heterocycles. The summed E-state index contributed by atoms with van der Waals surface area (Å²) >= 11 is 1.79. The molecule has 4 aromatic rings. The summed E-state index contributed by atoms with van der Waals surface area (Å²) in [5.41, 5.74) is 4.28. The van der Waals surface area contributed by atoms with E-state index in [1.165, 1.54) is 25.0 Å². The maximum Gasteiger partial charge on any atom is 0.308 e. The van der Waals surface area contributed by atoms with Crippen LogP contribution >= 0.6 is 11.8 Å². The predicted octanol–water partition coefficient (Wildman–Crippen LogP) is 7.54. The molecule has 0 radical (unpaired) electrons. The van der Waals surface area contributed by atoms with Crippen LogP contribution in [0.3, 0.4) is 0 Å². The van der Waals surface area contributed by atoms with Crippen molar-refractivity contribution >= 4 is 23.7 Å². The highest BCUT2D eigenvalue weighted by Crippen LogP contribution is 2.48. The molecule has 4 nitrogen and oxygen atoms in total. The second-order valence-corrected chi connectivity index (χ2v) is 10.2. The van der Waals surface area contributed by atoms with Crippen molar-refractivity contribution < 1.29 is 19.1 Å². The third kappa shape index (κ3) is 7.58. The van der Waals surface area contributed by atoms with Gasteiger partial charge in [-0.3, -0.25) is 9.59 Å². The lowest BCUT2D eigenvalue weighted by atomic mass is 10.0. The normalized spacial score (nSPS) is 12.4. The standard InChI is InChI=1S/C32H30O4S/c1-23(33)35-29-19-11-9-17-27(29)31(21-25-13-5-3-6-14-25)37-32(22-26-15-7-4-8-16-26)28-18-10-12-20-30(28)36-24(2)34/h3-20,31-32H,21-22H2,1-2H3. The fourth-order valence-electron chi connectivity index (χ4n) is 4.31. The fourth-order valence-corrected chi connectivity index (χ4v) is 5.96. The van der Waals surface area contributed by atoms with Crippen LogP contribution in [0.4, 0.5) is 0 Å². The zero-order valence-electron chi connectivity index (χ0n) is 21.0. The SMILES string of the molecule is CC(=O)Oc1ccccc1C(Cc1ccccc1)SC(Cc1ccccc1)c1ccccc1OC(C)=O. The number of benzene rings is 4. The van der Waals surface area contributed by atoms with Crippen molar-refractivity contribution in [1.82, 2.24) is 0 Å². The number of thioether (sulfide) groups is 1. The quantitative estimate of drug-likeness (QED) is 0.163. The van der Waals surface area contributed by atoms with Crippen LogP contribution in [0.2, 0.25) is 0 Å². The van der Waals surface area contributed by atoms with Gasteiger partial charge in [0.15, 0.2) is 0 Å². The van der Waals surface area contributed by atoms with Crippen LogP contribution in [-0.2, 0) is 22.4 Å². The molecule has 0 N–H and O–H groups in total. The van der Waals surface area contributed by atoms with Crippen molar-refractivity contribution in [3.63, 3.8) is 0 Å². The van der Waals surface area contributed by atoms with Gasteiger partial charge in [-0.2, -0.15) is 0 Å². The van der Waals surface area contributed by atoms with Crippen molar-refractivity contribution in [3.8, 4) is 11.5 Å². The van der Waals surface area contributed by atoms with E-state index < -0.39 is 0 Å². The van der Waals surface area contributed by atoms with Crippen molar-refractivity contribution in [2.75, 3.05) is 0 Å². The summed E-state index contributed by atoms with van der Waals surface area (Å²) in [6, 6.07) is 36.0. The van der Waals surface area contributed by atoms with E-state index in [0.717, 1.165) is 24.0 Å². The highest BCUT2D eigenvalue weighted by Gasteiger charge is 2.26. The van der Waals surface area contributed by atoms with Gasteiger partial charge in [0.2, 0.25) is 0 Å². The summed E-state index contributed by atoms with van der Waals surface area (Å²) in [6.45, 7) is 2.84. The Balaban J connectivity index is 1.78. The molecule has 0 aromatic heterocycles. The van der Waals surface area contributed by atoms with Crippen LogP contribution in [0.25, 0.3) is 0 Å². The van der Waals surface area contributed by atoms with Crippen LogP contribution in [0.5, 0.6) is 11.5 Å². The molecule has 4 rings (SSSR count). The number of rotatable bonds is 10. The van der Waals surface area contributed by atoms with Gasteiger partial charge < -0.3 is 9.47 Å². The summed E-state index contributed by atoms with van der Waals surface area (Å²) in [6.07, 6.45) is 1.48. The highest BCUT2D eigenvalue weighted by molar-refractivity contribution is 7.99. The molecular formula is C32H30O4S. The predicted molar refractivity (Wildman–Crippen MR) is 149 cm³/mol. The first-order valence-electron chi connectivity index (χ1n) is 12.3. The van der Waals surface area contributed by atoms with E-state index in [4.69, 9.17) is 9.47 Å². The molecular weight excluding hydrogens is 480 g/mol. The average molecular weight is 511 g/mol. The number of hydrogen-bond acceptors (Lipinski definition) is 5. The van der Waals surface area contributed by atoms with Crippen molar-refractivity contribution in [3.05, 3.63) is 131 Å². The lowest BCUT2D eigenvalue weighted by molar-refractivity contribution is -0.132. The minimum Gasteiger partial charge on any atom is -0.426 e. The zero-order valence-corrected chi connectivity index (χ0v) is 21.8. The molecule has 4 aromatic carbocycles. The Labute approximate surface area is 222 Å². The maximum absolute atomic E-state index is 11.9. The van der Waals surface area contributed by atoms with Gasteiger partial charge in [0.05, 0.1) is 0 Å². The Morgan fingerprint density at radius 2 is 0.919 bits per heavy atom. The minimum atomic E-state index is -0.350. The van der Waals surface area contributed by atoms with Gasteiger partial charge in [-0.05, 0) is 36.1 Å². The van der Waals surface area contributed by atoms with Gasteiger partial charge in [0, 0.05) is 35.5 Å². The van der Waals surface area contributed by atoms with Crippen LogP contribution < -0.4 is 9.47 Å². The summed E-state index contributed by atoms with van der Waals surface area (Å²) in [5.74, 6) is 0.430. The molecule has 0 heterocycles. The van der Waals surface area contributed by atoms with Crippen LogP contribution in [0.15, 0.2) is 109 Å². The van der Waals surface area contributed by atoms with E-state index in [0.29, 0.717) is 11.5 Å². The molecule has 2 atom stereocenters. The van der Waals surface area contributed by atoms with Gasteiger partial charge in [-0.15, -0.1) is 11.8 Å². The van der Waals surface area contributed by atoms with E-state index in [-0.39, 0.29) is 22.4 Å².